The van der Waals surface area contributed by atoms with Crippen molar-refractivity contribution in [3.8, 4) is 0 Å². The molecule has 1 amide bonds. The van der Waals surface area contributed by atoms with Gasteiger partial charge in [0.2, 0.25) is 0 Å². The zero-order valence-electron chi connectivity index (χ0n) is 12.2. The van der Waals surface area contributed by atoms with E-state index >= 15 is 0 Å². The van der Waals surface area contributed by atoms with Gasteiger partial charge in [-0.2, -0.15) is 0 Å². The zero-order chi connectivity index (χ0) is 14.1. The predicted molar refractivity (Wildman–Crippen MR) is 81.7 cm³/mol. The smallest absolute Gasteiger partial charge is 0.266 e. The minimum Gasteiger partial charge on any atom is -0.346 e. The van der Waals surface area contributed by atoms with Crippen molar-refractivity contribution >= 4 is 22.4 Å². The molecular weight excluding hydrogens is 272 g/mol. The van der Waals surface area contributed by atoms with E-state index in [2.05, 4.69) is 22.1 Å². The highest BCUT2D eigenvalue weighted by atomic mass is 32.1. The Bertz CT molecular complexity index is 495. The second kappa shape index (κ2) is 5.69. The Morgan fingerprint density at radius 3 is 2.75 bits per heavy atom. The summed E-state index contributed by atoms with van der Waals surface area (Å²) in [5.41, 5.74) is 0.882. The molecule has 2 aliphatic heterocycles. The highest BCUT2D eigenvalue weighted by Crippen LogP contribution is 2.29. The number of likely N-dealkylation sites (tertiary alicyclic amines) is 1. The molecule has 3 heterocycles. The summed E-state index contributed by atoms with van der Waals surface area (Å²) in [5, 5.41) is 4.34. The topological polar surface area (TPSA) is 48.5 Å². The second-order valence-electron chi connectivity index (χ2n) is 5.64. The molecule has 1 aromatic rings. The van der Waals surface area contributed by atoms with E-state index in [9.17, 15) is 4.79 Å². The molecule has 110 valence electrons. The number of carbonyl (C=O) groups excluding carboxylic acids is 1. The first-order chi connectivity index (χ1) is 9.66. The van der Waals surface area contributed by atoms with Gasteiger partial charge in [0, 0.05) is 38.8 Å². The SMILES string of the molecule is Cc1nc(N2CCNCC2)sc1C(=O)N1CCC[C@H]1C. The molecule has 0 bridgehead atoms. The number of hydrogen-bond acceptors (Lipinski definition) is 5. The molecule has 3 rings (SSSR count). The molecule has 0 radical (unpaired) electrons. The molecule has 0 spiro atoms. The Hall–Kier alpha value is -1.14. The second-order valence-corrected chi connectivity index (χ2v) is 6.62. The van der Waals surface area contributed by atoms with Crippen LogP contribution < -0.4 is 10.2 Å². The van der Waals surface area contributed by atoms with Gasteiger partial charge in [-0.05, 0) is 26.7 Å². The van der Waals surface area contributed by atoms with Gasteiger partial charge in [-0.15, -0.1) is 0 Å². The van der Waals surface area contributed by atoms with Crippen LogP contribution in [0, 0.1) is 6.92 Å². The van der Waals surface area contributed by atoms with E-state index < -0.39 is 0 Å². The quantitative estimate of drug-likeness (QED) is 0.898. The number of rotatable bonds is 2. The van der Waals surface area contributed by atoms with E-state index in [-0.39, 0.29) is 5.91 Å². The minimum absolute atomic E-state index is 0.173. The first-order valence-corrected chi connectivity index (χ1v) is 8.22. The van der Waals surface area contributed by atoms with Crippen LogP contribution >= 0.6 is 11.3 Å². The van der Waals surface area contributed by atoms with Gasteiger partial charge in [0.1, 0.15) is 4.88 Å². The van der Waals surface area contributed by atoms with E-state index in [1.165, 1.54) is 0 Å². The fraction of sp³-hybridized carbons (Fsp3) is 0.714. The van der Waals surface area contributed by atoms with Gasteiger partial charge >= 0.3 is 0 Å². The van der Waals surface area contributed by atoms with Crippen molar-refractivity contribution in [1.29, 1.82) is 0 Å². The number of aryl methyl sites for hydroxylation is 1. The lowest BCUT2D eigenvalue weighted by Gasteiger charge is -2.26. The lowest BCUT2D eigenvalue weighted by molar-refractivity contribution is 0.0751. The Kier molecular flexibility index (Phi) is 3.94. The van der Waals surface area contributed by atoms with Gasteiger partial charge in [-0.25, -0.2) is 4.98 Å². The van der Waals surface area contributed by atoms with Gasteiger partial charge < -0.3 is 15.1 Å². The average molecular weight is 294 g/mol. The van der Waals surface area contributed by atoms with Gasteiger partial charge in [0.15, 0.2) is 5.13 Å². The molecule has 1 N–H and O–H groups in total. The predicted octanol–water partition coefficient (Wildman–Crippen LogP) is 1.49. The van der Waals surface area contributed by atoms with Crippen molar-refractivity contribution in [2.75, 3.05) is 37.6 Å². The molecule has 1 aromatic heterocycles. The Balaban J connectivity index is 1.79. The number of thiazole rings is 1. The van der Waals surface area contributed by atoms with Crippen LogP contribution in [0.1, 0.15) is 35.1 Å². The van der Waals surface area contributed by atoms with E-state index in [4.69, 9.17) is 0 Å². The van der Waals surface area contributed by atoms with Crippen LogP contribution in [-0.2, 0) is 0 Å². The number of carbonyl (C=O) groups is 1. The van der Waals surface area contributed by atoms with E-state index in [1.54, 1.807) is 11.3 Å². The molecule has 2 aliphatic rings. The minimum atomic E-state index is 0.173. The van der Waals surface area contributed by atoms with Gasteiger partial charge in [-0.1, -0.05) is 11.3 Å². The van der Waals surface area contributed by atoms with Gasteiger partial charge in [0.05, 0.1) is 5.69 Å². The summed E-state index contributed by atoms with van der Waals surface area (Å²) >= 11 is 1.56. The van der Waals surface area contributed by atoms with Crippen LogP contribution in [0.4, 0.5) is 5.13 Å². The third-order valence-corrected chi connectivity index (χ3v) is 5.39. The lowest BCUT2D eigenvalue weighted by atomic mass is 10.2. The summed E-state index contributed by atoms with van der Waals surface area (Å²) < 4.78 is 0. The normalized spacial score (nSPS) is 23.4. The number of amides is 1. The monoisotopic (exact) mass is 294 g/mol. The first kappa shape index (κ1) is 13.8. The maximum Gasteiger partial charge on any atom is 0.266 e. The van der Waals surface area contributed by atoms with Crippen molar-refractivity contribution in [2.45, 2.75) is 32.7 Å². The molecule has 20 heavy (non-hydrogen) atoms. The third-order valence-electron chi connectivity index (χ3n) is 4.18. The van der Waals surface area contributed by atoms with Crippen molar-refractivity contribution in [3.63, 3.8) is 0 Å². The van der Waals surface area contributed by atoms with Crippen LogP contribution in [0.2, 0.25) is 0 Å². The zero-order valence-corrected chi connectivity index (χ0v) is 13.0. The summed E-state index contributed by atoms with van der Waals surface area (Å²) in [6.07, 6.45) is 2.24. The number of hydrogen-bond donors (Lipinski definition) is 1. The number of anilines is 1. The fourth-order valence-corrected chi connectivity index (χ4v) is 4.01. The summed E-state index contributed by atoms with van der Waals surface area (Å²) in [4.78, 5) is 22.4. The molecule has 0 aromatic carbocycles. The van der Waals surface area contributed by atoms with E-state index in [0.29, 0.717) is 6.04 Å². The molecule has 1 atom stereocenters. The molecule has 0 saturated carbocycles. The van der Waals surface area contributed by atoms with Crippen molar-refractivity contribution in [2.24, 2.45) is 0 Å². The molecule has 6 heteroatoms. The van der Waals surface area contributed by atoms with Crippen LogP contribution in [0.5, 0.6) is 0 Å². The molecule has 5 nitrogen and oxygen atoms in total. The number of aromatic nitrogens is 1. The third kappa shape index (κ3) is 2.54. The van der Waals surface area contributed by atoms with Crippen LogP contribution in [0.15, 0.2) is 0 Å². The summed E-state index contributed by atoms with van der Waals surface area (Å²) in [7, 11) is 0. The maximum absolute atomic E-state index is 12.6. The van der Waals surface area contributed by atoms with Gasteiger partial charge in [-0.3, -0.25) is 4.79 Å². The first-order valence-electron chi connectivity index (χ1n) is 7.41. The number of piperazine rings is 1. The van der Waals surface area contributed by atoms with Gasteiger partial charge in [0.25, 0.3) is 5.91 Å². The molecule has 2 saturated heterocycles. The lowest BCUT2D eigenvalue weighted by Crippen LogP contribution is -2.43. The molecule has 2 fully saturated rings. The Morgan fingerprint density at radius 2 is 2.10 bits per heavy atom. The average Bonchev–Trinajstić information content (AvgIpc) is 3.05. The largest absolute Gasteiger partial charge is 0.346 e. The molecule has 0 aliphatic carbocycles. The van der Waals surface area contributed by atoms with E-state index in [0.717, 1.165) is 61.3 Å². The van der Waals surface area contributed by atoms with E-state index in [1.807, 2.05) is 11.8 Å². The Labute approximate surface area is 124 Å². The van der Waals surface area contributed by atoms with Crippen LogP contribution in [0.25, 0.3) is 0 Å². The summed E-state index contributed by atoms with van der Waals surface area (Å²) in [5.74, 6) is 0.173. The Morgan fingerprint density at radius 1 is 1.35 bits per heavy atom. The highest BCUT2D eigenvalue weighted by molar-refractivity contribution is 7.17. The van der Waals surface area contributed by atoms with Crippen molar-refractivity contribution in [3.05, 3.63) is 10.6 Å². The summed E-state index contributed by atoms with van der Waals surface area (Å²) in [6.45, 7) is 8.91. The van der Waals surface area contributed by atoms with Crippen LogP contribution in [0.3, 0.4) is 0 Å². The molecule has 0 unspecified atom stereocenters. The van der Waals surface area contributed by atoms with Crippen molar-refractivity contribution in [1.82, 2.24) is 15.2 Å². The van der Waals surface area contributed by atoms with Crippen LogP contribution in [-0.4, -0.2) is 54.6 Å². The summed E-state index contributed by atoms with van der Waals surface area (Å²) in [6, 6.07) is 0.367. The fourth-order valence-electron chi connectivity index (χ4n) is 2.94. The van der Waals surface area contributed by atoms with Crippen molar-refractivity contribution < 1.29 is 4.79 Å². The number of nitrogens with zero attached hydrogens (tertiary/aromatic N) is 3. The standard InChI is InChI=1S/C14H22N4OS/c1-10-4-3-7-18(10)13(19)12-11(2)16-14(20-12)17-8-5-15-6-9-17/h10,15H,3-9H2,1-2H3/t10-/m1/s1. The highest BCUT2D eigenvalue weighted by Gasteiger charge is 2.29. The molecular formula is C14H22N4OS. The number of nitrogens with one attached hydrogen (secondary N) is 1. The maximum atomic E-state index is 12.6.